The van der Waals surface area contributed by atoms with E-state index in [0.717, 1.165) is 31.6 Å². The molecular formula is C22H28N6O5S. The number of rotatable bonds is 9. The Morgan fingerprint density at radius 1 is 1.06 bits per heavy atom. The average molecular weight is 489 g/mol. The van der Waals surface area contributed by atoms with E-state index in [9.17, 15) is 18.0 Å². The third-order valence-electron chi connectivity index (χ3n) is 5.28. The number of nitrogens with two attached hydrogens (primary N) is 1. The van der Waals surface area contributed by atoms with Gasteiger partial charge in [0, 0.05) is 36.9 Å². The predicted octanol–water partition coefficient (Wildman–Crippen LogP) is 0.695. The summed E-state index contributed by atoms with van der Waals surface area (Å²) in [5, 5.41) is 12.9. The molecule has 34 heavy (non-hydrogen) atoms. The second-order valence-electron chi connectivity index (χ2n) is 7.75. The van der Waals surface area contributed by atoms with Gasteiger partial charge < -0.3 is 26.1 Å². The number of hydrogen-bond acceptors (Lipinski definition) is 7. The summed E-state index contributed by atoms with van der Waals surface area (Å²) in [6.45, 7) is 1.61. The molecule has 1 fully saturated rings. The van der Waals surface area contributed by atoms with E-state index in [-0.39, 0.29) is 35.8 Å². The summed E-state index contributed by atoms with van der Waals surface area (Å²) in [5.74, 6) is -1.19. The van der Waals surface area contributed by atoms with Crippen LogP contribution in [0.3, 0.4) is 0 Å². The van der Waals surface area contributed by atoms with Crippen molar-refractivity contribution < 1.29 is 22.8 Å². The molecule has 11 nitrogen and oxygen atoms in total. The van der Waals surface area contributed by atoms with Crippen LogP contribution in [-0.4, -0.2) is 51.9 Å². The summed E-state index contributed by atoms with van der Waals surface area (Å²) in [7, 11) is -3.96. The fourth-order valence-corrected chi connectivity index (χ4v) is 4.32. The third kappa shape index (κ3) is 7.18. The first-order valence-electron chi connectivity index (χ1n) is 10.7. The van der Waals surface area contributed by atoms with Crippen molar-refractivity contribution in [2.45, 2.75) is 30.2 Å². The molecule has 1 amide bonds. The van der Waals surface area contributed by atoms with Gasteiger partial charge in [0.15, 0.2) is 5.96 Å². The number of hydrogen-bond donors (Lipinski definition) is 5. The molecule has 2 aromatic rings. The van der Waals surface area contributed by atoms with Crippen LogP contribution in [0.4, 0.5) is 5.69 Å². The Bertz CT molecular complexity index is 1100. The van der Waals surface area contributed by atoms with E-state index < -0.39 is 16.0 Å². The number of nitrogens with zero attached hydrogens (tertiary/aromatic N) is 1. The van der Waals surface area contributed by atoms with E-state index in [1.54, 1.807) is 35.2 Å². The topological polar surface area (TPSA) is 167 Å². The molecule has 2 aromatic carbocycles. The Balaban J connectivity index is 1.39. The maximum Gasteiger partial charge on any atom is 0.327 e. The molecule has 0 atom stereocenters. The van der Waals surface area contributed by atoms with Gasteiger partial charge in [0.1, 0.15) is 0 Å². The zero-order valence-electron chi connectivity index (χ0n) is 18.5. The Labute approximate surface area is 198 Å². The average Bonchev–Trinajstić information content (AvgIpc) is 2.83. The summed E-state index contributed by atoms with van der Waals surface area (Å²) >= 11 is 0. The number of amides is 1. The number of guanidine groups is 1. The van der Waals surface area contributed by atoms with Crippen molar-refractivity contribution in [2.24, 2.45) is 5.73 Å². The summed E-state index contributed by atoms with van der Waals surface area (Å²) in [6, 6.07) is 14.8. The van der Waals surface area contributed by atoms with Gasteiger partial charge in [-0.3, -0.25) is 15.0 Å². The van der Waals surface area contributed by atoms with Gasteiger partial charge in [0.25, 0.3) is 15.9 Å². The van der Waals surface area contributed by atoms with Gasteiger partial charge in [-0.1, -0.05) is 18.2 Å². The first-order chi connectivity index (χ1) is 16.2. The standard InChI is InChI=1S/C22H28N6O5S/c23-22(24)26-17-11-14-28(15-12-17)18-8-6-16(7-9-18)21(30)25-13-10-20(29)33-27-34(31,32)19-4-2-1-3-5-19/h1-9,17,27H,10-15H2,(H,25,30)(H4,23,24,26). The van der Waals surface area contributed by atoms with Crippen molar-refractivity contribution in [1.82, 2.24) is 15.5 Å². The quantitative estimate of drug-likeness (QED) is 0.195. The van der Waals surface area contributed by atoms with Crippen LogP contribution in [0.2, 0.25) is 0 Å². The molecule has 0 aromatic heterocycles. The number of carbonyl (C=O) groups is 2. The molecule has 0 saturated carbocycles. The Morgan fingerprint density at radius 2 is 1.71 bits per heavy atom. The van der Waals surface area contributed by atoms with Crippen LogP contribution >= 0.6 is 0 Å². The van der Waals surface area contributed by atoms with Crippen LogP contribution in [0.5, 0.6) is 0 Å². The van der Waals surface area contributed by atoms with E-state index in [2.05, 4.69) is 20.4 Å². The van der Waals surface area contributed by atoms with Crippen LogP contribution in [0.15, 0.2) is 59.5 Å². The van der Waals surface area contributed by atoms with Gasteiger partial charge in [-0.05, 0) is 54.1 Å². The maximum absolute atomic E-state index is 12.3. The molecule has 1 heterocycles. The normalized spacial score (nSPS) is 14.3. The molecule has 0 aliphatic carbocycles. The lowest BCUT2D eigenvalue weighted by molar-refractivity contribution is -0.146. The zero-order chi connectivity index (χ0) is 24.6. The van der Waals surface area contributed by atoms with Crippen molar-refractivity contribution in [3.8, 4) is 0 Å². The van der Waals surface area contributed by atoms with Gasteiger partial charge in [-0.2, -0.15) is 0 Å². The minimum absolute atomic E-state index is 0.0108. The largest absolute Gasteiger partial charge is 0.371 e. The van der Waals surface area contributed by atoms with Gasteiger partial charge >= 0.3 is 5.97 Å². The lowest BCUT2D eigenvalue weighted by atomic mass is 10.0. The molecule has 1 saturated heterocycles. The molecule has 6 N–H and O–H groups in total. The molecule has 1 aliphatic heterocycles. The van der Waals surface area contributed by atoms with Crippen molar-refractivity contribution in [3.63, 3.8) is 0 Å². The Kier molecular flexibility index (Phi) is 8.44. The van der Waals surface area contributed by atoms with E-state index in [0.29, 0.717) is 5.56 Å². The summed E-state index contributed by atoms with van der Waals surface area (Å²) < 4.78 is 24.1. The van der Waals surface area contributed by atoms with Crippen LogP contribution < -0.4 is 26.2 Å². The third-order valence-corrected chi connectivity index (χ3v) is 6.48. The second kappa shape index (κ2) is 11.5. The number of sulfonamides is 1. The Morgan fingerprint density at radius 3 is 2.32 bits per heavy atom. The molecule has 182 valence electrons. The molecular weight excluding hydrogens is 460 g/mol. The number of benzene rings is 2. The Hall–Kier alpha value is -3.64. The SMILES string of the molecule is N=C(N)NC1CCN(c2ccc(C(=O)NCCC(=O)ONS(=O)(=O)c3ccccc3)cc2)CC1. The van der Waals surface area contributed by atoms with E-state index in [1.807, 2.05) is 12.1 Å². The molecule has 0 unspecified atom stereocenters. The van der Waals surface area contributed by atoms with Crippen LogP contribution in [-0.2, 0) is 19.7 Å². The van der Waals surface area contributed by atoms with Crippen molar-refractivity contribution in [3.05, 3.63) is 60.2 Å². The van der Waals surface area contributed by atoms with Gasteiger partial charge in [-0.15, -0.1) is 0 Å². The lowest BCUT2D eigenvalue weighted by Gasteiger charge is -2.34. The fraction of sp³-hybridized carbons (Fsp3) is 0.318. The van der Waals surface area contributed by atoms with E-state index >= 15 is 0 Å². The minimum Gasteiger partial charge on any atom is -0.371 e. The molecule has 1 aliphatic rings. The smallest absolute Gasteiger partial charge is 0.327 e. The fourth-order valence-electron chi connectivity index (χ4n) is 3.51. The maximum atomic E-state index is 12.3. The minimum atomic E-state index is -3.96. The van der Waals surface area contributed by atoms with E-state index in [1.165, 1.54) is 12.1 Å². The van der Waals surface area contributed by atoms with Crippen LogP contribution in [0, 0.1) is 5.41 Å². The summed E-state index contributed by atoms with van der Waals surface area (Å²) in [4.78, 5) is 32.7. The van der Waals surface area contributed by atoms with Crippen molar-refractivity contribution >= 4 is 33.5 Å². The van der Waals surface area contributed by atoms with Gasteiger partial charge in [0.05, 0.1) is 11.3 Å². The highest BCUT2D eigenvalue weighted by molar-refractivity contribution is 7.89. The zero-order valence-corrected chi connectivity index (χ0v) is 19.3. The number of anilines is 1. The number of carbonyl (C=O) groups excluding carboxylic acids is 2. The molecule has 0 radical (unpaired) electrons. The predicted molar refractivity (Wildman–Crippen MR) is 127 cm³/mol. The van der Waals surface area contributed by atoms with E-state index in [4.69, 9.17) is 11.1 Å². The van der Waals surface area contributed by atoms with Gasteiger partial charge in [-0.25, -0.2) is 8.42 Å². The number of nitrogens with one attached hydrogen (secondary N) is 4. The highest BCUT2D eigenvalue weighted by Crippen LogP contribution is 2.20. The molecule has 12 heteroatoms. The molecule has 0 bridgehead atoms. The van der Waals surface area contributed by atoms with Crippen molar-refractivity contribution in [2.75, 3.05) is 24.5 Å². The van der Waals surface area contributed by atoms with Crippen LogP contribution in [0.25, 0.3) is 0 Å². The molecule has 0 spiro atoms. The van der Waals surface area contributed by atoms with Crippen molar-refractivity contribution in [1.29, 1.82) is 5.41 Å². The lowest BCUT2D eigenvalue weighted by Crippen LogP contribution is -2.46. The summed E-state index contributed by atoms with van der Waals surface area (Å²) in [5.41, 5.74) is 6.82. The highest BCUT2D eigenvalue weighted by atomic mass is 32.2. The van der Waals surface area contributed by atoms with Gasteiger partial charge in [0.2, 0.25) is 0 Å². The summed E-state index contributed by atoms with van der Waals surface area (Å²) in [6.07, 6.45) is 1.52. The first kappa shape index (κ1) is 25.0. The second-order valence-corrected chi connectivity index (χ2v) is 9.39. The molecule has 3 rings (SSSR count). The highest BCUT2D eigenvalue weighted by Gasteiger charge is 2.20. The first-order valence-corrected chi connectivity index (χ1v) is 12.2. The monoisotopic (exact) mass is 488 g/mol. The van der Waals surface area contributed by atoms with Crippen LogP contribution in [0.1, 0.15) is 29.6 Å². The number of piperidine rings is 1.